The van der Waals surface area contributed by atoms with Crippen LogP contribution in [-0.2, 0) is 11.2 Å². The Kier molecular flexibility index (Phi) is 4.24. The van der Waals surface area contributed by atoms with Gasteiger partial charge < -0.3 is 9.73 Å². The number of nitrogens with one attached hydrogen (secondary N) is 1. The topological polar surface area (TPSA) is 42.2 Å². The predicted molar refractivity (Wildman–Crippen MR) is 66.6 cm³/mol. The molecular formula is C14H21NO2. The van der Waals surface area contributed by atoms with E-state index in [0.717, 1.165) is 12.2 Å². The summed E-state index contributed by atoms with van der Waals surface area (Å²) in [6, 6.07) is 3.97. The van der Waals surface area contributed by atoms with E-state index >= 15 is 0 Å². The van der Waals surface area contributed by atoms with Crippen molar-refractivity contribution in [3.05, 3.63) is 24.2 Å². The molecule has 1 fully saturated rings. The minimum Gasteiger partial charge on any atom is -0.469 e. The van der Waals surface area contributed by atoms with Crippen LogP contribution >= 0.6 is 0 Å². The Morgan fingerprint density at radius 3 is 2.94 bits per heavy atom. The van der Waals surface area contributed by atoms with Crippen LogP contribution in [0.2, 0.25) is 0 Å². The molecule has 1 amide bonds. The zero-order valence-electron chi connectivity index (χ0n) is 10.4. The Balaban J connectivity index is 1.70. The zero-order valence-corrected chi connectivity index (χ0v) is 10.4. The number of amides is 1. The SMILES string of the molecule is C[C@H](Cc1ccco1)NC(=O)CC1CCCC1. The summed E-state index contributed by atoms with van der Waals surface area (Å²) >= 11 is 0. The molecule has 3 heteroatoms. The van der Waals surface area contributed by atoms with E-state index in [1.54, 1.807) is 6.26 Å². The molecule has 1 aliphatic rings. The molecule has 17 heavy (non-hydrogen) atoms. The van der Waals surface area contributed by atoms with Crippen LogP contribution in [0.3, 0.4) is 0 Å². The molecule has 0 aromatic carbocycles. The van der Waals surface area contributed by atoms with Gasteiger partial charge in [0.1, 0.15) is 5.76 Å². The van der Waals surface area contributed by atoms with E-state index in [9.17, 15) is 4.79 Å². The number of hydrogen-bond acceptors (Lipinski definition) is 2. The molecule has 0 saturated heterocycles. The first-order chi connectivity index (χ1) is 8.24. The van der Waals surface area contributed by atoms with Gasteiger partial charge in [-0.25, -0.2) is 0 Å². The maximum absolute atomic E-state index is 11.8. The van der Waals surface area contributed by atoms with Gasteiger partial charge >= 0.3 is 0 Å². The van der Waals surface area contributed by atoms with Crippen molar-refractivity contribution in [3.8, 4) is 0 Å². The van der Waals surface area contributed by atoms with E-state index in [1.165, 1.54) is 25.7 Å². The smallest absolute Gasteiger partial charge is 0.220 e. The second-order valence-corrected chi connectivity index (χ2v) is 5.11. The molecule has 0 bridgehead atoms. The van der Waals surface area contributed by atoms with Gasteiger partial charge in [-0.3, -0.25) is 4.79 Å². The Morgan fingerprint density at radius 1 is 1.53 bits per heavy atom. The normalized spacial score (nSPS) is 18.2. The lowest BCUT2D eigenvalue weighted by molar-refractivity contribution is -0.122. The second-order valence-electron chi connectivity index (χ2n) is 5.11. The first-order valence-electron chi connectivity index (χ1n) is 6.56. The van der Waals surface area contributed by atoms with Crippen molar-refractivity contribution in [2.45, 2.75) is 51.5 Å². The van der Waals surface area contributed by atoms with Crippen LogP contribution in [-0.4, -0.2) is 11.9 Å². The van der Waals surface area contributed by atoms with Crippen molar-refractivity contribution < 1.29 is 9.21 Å². The first-order valence-corrected chi connectivity index (χ1v) is 6.56. The number of rotatable bonds is 5. The lowest BCUT2D eigenvalue weighted by atomic mass is 10.0. The third-order valence-corrected chi connectivity index (χ3v) is 3.44. The summed E-state index contributed by atoms with van der Waals surface area (Å²) in [5.74, 6) is 1.74. The highest BCUT2D eigenvalue weighted by molar-refractivity contribution is 5.76. The third kappa shape index (κ3) is 3.91. The lowest BCUT2D eigenvalue weighted by Gasteiger charge is -2.14. The lowest BCUT2D eigenvalue weighted by Crippen LogP contribution is -2.34. The van der Waals surface area contributed by atoms with E-state index in [2.05, 4.69) is 5.32 Å². The van der Waals surface area contributed by atoms with Crippen LogP contribution in [0.1, 0.15) is 44.8 Å². The summed E-state index contributed by atoms with van der Waals surface area (Å²) in [7, 11) is 0. The molecular weight excluding hydrogens is 214 g/mol. The maximum atomic E-state index is 11.8. The van der Waals surface area contributed by atoms with Crippen molar-refractivity contribution in [1.82, 2.24) is 5.32 Å². The molecule has 0 unspecified atom stereocenters. The van der Waals surface area contributed by atoms with Crippen LogP contribution in [0.5, 0.6) is 0 Å². The molecule has 2 rings (SSSR count). The van der Waals surface area contributed by atoms with E-state index < -0.39 is 0 Å². The van der Waals surface area contributed by atoms with Crippen molar-refractivity contribution in [3.63, 3.8) is 0 Å². The van der Waals surface area contributed by atoms with Gasteiger partial charge in [0.05, 0.1) is 6.26 Å². The number of carbonyl (C=O) groups excluding carboxylic acids is 1. The quantitative estimate of drug-likeness (QED) is 0.852. The van der Waals surface area contributed by atoms with Gasteiger partial charge in [-0.05, 0) is 37.8 Å². The van der Waals surface area contributed by atoms with Crippen LogP contribution in [0.25, 0.3) is 0 Å². The Morgan fingerprint density at radius 2 is 2.29 bits per heavy atom. The van der Waals surface area contributed by atoms with Crippen LogP contribution in [0.15, 0.2) is 22.8 Å². The van der Waals surface area contributed by atoms with Gasteiger partial charge in [0.15, 0.2) is 0 Å². The van der Waals surface area contributed by atoms with Crippen LogP contribution < -0.4 is 5.32 Å². The minimum absolute atomic E-state index is 0.148. The van der Waals surface area contributed by atoms with Crippen LogP contribution in [0.4, 0.5) is 0 Å². The zero-order chi connectivity index (χ0) is 12.1. The predicted octanol–water partition coefficient (Wildman–Crippen LogP) is 2.91. The van der Waals surface area contributed by atoms with E-state index in [4.69, 9.17) is 4.42 Å². The summed E-state index contributed by atoms with van der Waals surface area (Å²) in [6.45, 7) is 2.02. The highest BCUT2D eigenvalue weighted by Crippen LogP contribution is 2.27. The Labute approximate surface area is 103 Å². The van der Waals surface area contributed by atoms with E-state index in [0.29, 0.717) is 12.3 Å². The summed E-state index contributed by atoms with van der Waals surface area (Å²) in [6.07, 6.45) is 8.16. The molecule has 1 saturated carbocycles. The highest BCUT2D eigenvalue weighted by Gasteiger charge is 2.19. The van der Waals surface area contributed by atoms with E-state index in [-0.39, 0.29) is 11.9 Å². The van der Waals surface area contributed by atoms with Gasteiger partial charge in [0.2, 0.25) is 5.91 Å². The minimum atomic E-state index is 0.148. The molecule has 94 valence electrons. The monoisotopic (exact) mass is 235 g/mol. The van der Waals surface area contributed by atoms with Gasteiger partial charge in [-0.1, -0.05) is 12.8 Å². The Bertz CT molecular complexity index is 339. The molecule has 1 N–H and O–H groups in total. The fourth-order valence-corrected chi connectivity index (χ4v) is 2.59. The molecule has 1 aliphatic carbocycles. The Hall–Kier alpha value is -1.25. The molecule has 3 nitrogen and oxygen atoms in total. The largest absolute Gasteiger partial charge is 0.469 e. The summed E-state index contributed by atoms with van der Waals surface area (Å²) < 4.78 is 5.27. The second kappa shape index (κ2) is 5.89. The summed E-state index contributed by atoms with van der Waals surface area (Å²) in [5, 5.41) is 3.05. The van der Waals surface area contributed by atoms with Gasteiger partial charge in [0.25, 0.3) is 0 Å². The molecule has 0 spiro atoms. The van der Waals surface area contributed by atoms with Crippen molar-refractivity contribution in [2.24, 2.45) is 5.92 Å². The molecule has 0 aliphatic heterocycles. The molecule has 0 radical (unpaired) electrons. The molecule has 1 atom stereocenters. The van der Waals surface area contributed by atoms with Crippen LogP contribution in [0, 0.1) is 5.92 Å². The van der Waals surface area contributed by atoms with Gasteiger partial charge in [-0.2, -0.15) is 0 Å². The average molecular weight is 235 g/mol. The fraction of sp³-hybridized carbons (Fsp3) is 0.643. The summed E-state index contributed by atoms with van der Waals surface area (Å²) in [4.78, 5) is 11.8. The maximum Gasteiger partial charge on any atom is 0.220 e. The number of carbonyl (C=O) groups is 1. The van der Waals surface area contributed by atoms with Crippen molar-refractivity contribution >= 4 is 5.91 Å². The van der Waals surface area contributed by atoms with Crippen molar-refractivity contribution in [1.29, 1.82) is 0 Å². The molecule has 1 heterocycles. The first kappa shape index (κ1) is 12.2. The van der Waals surface area contributed by atoms with Gasteiger partial charge in [0, 0.05) is 18.9 Å². The highest BCUT2D eigenvalue weighted by atomic mass is 16.3. The third-order valence-electron chi connectivity index (χ3n) is 3.44. The van der Waals surface area contributed by atoms with Gasteiger partial charge in [-0.15, -0.1) is 0 Å². The van der Waals surface area contributed by atoms with Crippen molar-refractivity contribution in [2.75, 3.05) is 0 Å². The molecule has 1 aromatic rings. The average Bonchev–Trinajstić information content (AvgIpc) is 2.90. The molecule has 1 aromatic heterocycles. The van der Waals surface area contributed by atoms with E-state index in [1.807, 2.05) is 19.1 Å². The summed E-state index contributed by atoms with van der Waals surface area (Å²) in [5.41, 5.74) is 0. The fourth-order valence-electron chi connectivity index (χ4n) is 2.59. The number of hydrogen-bond donors (Lipinski definition) is 1. The number of furan rings is 1. The standard InChI is InChI=1S/C14H21NO2/c1-11(9-13-7-4-8-17-13)15-14(16)10-12-5-2-3-6-12/h4,7-8,11-12H,2-3,5-6,9-10H2,1H3,(H,15,16)/t11-/m1/s1.